The number of carbonyl (C=O) groups excluding carboxylic acids is 3. The molecule has 0 bridgehead atoms. The van der Waals surface area contributed by atoms with Crippen LogP contribution < -0.4 is 16.0 Å². The Kier molecular flexibility index (Phi) is 12.2. The van der Waals surface area contributed by atoms with Crippen molar-refractivity contribution in [1.29, 1.82) is 0 Å². The molecule has 4 saturated carbocycles. The number of nitrogens with one attached hydrogen (secondary N) is 3. The highest BCUT2D eigenvalue weighted by Crippen LogP contribution is 2.68. The van der Waals surface area contributed by atoms with Crippen molar-refractivity contribution in [3.8, 4) is 0 Å². The van der Waals surface area contributed by atoms with Crippen molar-refractivity contribution in [1.82, 2.24) is 20.9 Å². The molecule has 15 heteroatoms. The van der Waals surface area contributed by atoms with Gasteiger partial charge >= 0.3 is 11.7 Å². The molecule has 298 valence electrons. The highest BCUT2D eigenvalue weighted by atomic mass is 16.6. The highest BCUT2D eigenvalue weighted by Gasteiger charge is 2.62. The molecular weight excluding hydrogens is 696 g/mol. The van der Waals surface area contributed by atoms with E-state index in [9.17, 15) is 34.7 Å². The summed E-state index contributed by atoms with van der Waals surface area (Å²) in [7, 11) is 1.24. The number of fused-ring (bicyclic) bond motifs is 6. The second-order valence-electron chi connectivity index (χ2n) is 17.2. The number of methoxy groups -OCH3 is 1. The van der Waals surface area contributed by atoms with Crippen molar-refractivity contribution < 1.29 is 38.9 Å². The first-order valence-electron chi connectivity index (χ1n) is 19.9. The summed E-state index contributed by atoms with van der Waals surface area (Å²) in [6.45, 7) is 7.26. The molecule has 1 aromatic carbocycles. The fourth-order valence-corrected chi connectivity index (χ4v) is 11.5. The molecule has 1 aromatic heterocycles. The molecule has 1 heterocycles. The predicted octanol–water partition coefficient (Wildman–Crippen LogP) is 4.89. The van der Waals surface area contributed by atoms with Gasteiger partial charge in [0, 0.05) is 19.0 Å². The first-order chi connectivity index (χ1) is 25.8. The van der Waals surface area contributed by atoms with Crippen LogP contribution in [0, 0.1) is 56.5 Å². The quantitative estimate of drug-likeness (QED) is 0.0710. The molecule has 15 nitrogen and oxygen atoms in total. The van der Waals surface area contributed by atoms with Crippen LogP contribution in [0.5, 0.6) is 0 Å². The topological polar surface area (TPSA) is 219 Å². The molecule has 4 fully saturated rings. The van der Waals surface area contributed by atoms with Gasteiger partial charge in [-0.05, 0) is 140 Å². The first kappa shape index (κ1) is 39.8. The number of non-ortho nitro benzene ring substituents is 1. The zero-order valence-electron chi connectivity index (χ0n) is 32.1. The van der Waals surface area contributed by atoms with Crippen LogP contribution in [0.2, 0.25) is 0 Å². The lowest BCUT2D eigenvalue weighted by Gasteiger charge is -2.62. The van der Waals surface area contributed by atoms with Crippen LogP contribution in [0.15, 0.2) is 16.8 Å². The minimum absolute atomic E-state index is 0.0515. The standard InChI is InChI=1S/C39H58N6O9/c1-22(25-9-10-26-34-27(15-17-39(25,26)3)38(2)16-14-24(46)19-23(38)20-31(34)47)8-13-32(48)42-29(37(50)41-21-33(49)53-4)7-5-6-18-40-28-11-12-30(45(51)52)36-35(28)43-54-44-36/h11-12,22-27,29,31,34,40,46-47H,5-10,13-21H2,1-4H3,(H,41,50)(H,42,48)/t22-,23?,24-,25-,26?,27?,29?,31+,34?,38+,39-/m1/s1. The van der Waals surface area contributed by atoms with Crippen LogP contribution in [-0.2, 0) is 19.1 Å². The monoisotopic (exact) mass is 754 g/mol. The fourth-order valence-electron chi connectivity index (χ4n) is 11.5. The Balaban J connectivity index is 1.02. The lowest BCUT2D eigenvalue weighted by molar-refractivity contribution is -0.383. The number of aromatic nitrogens is 2. The van der Waals surface area contributed by atoms with E-state index in [1.807, 2.05) is 0 Å². The second kappa shape index (κ2) is 16.5. The maximum atomic E-state index is 13.4. The van der Waals surface area contributed by atoms with Gasteiger partial charge in [-0.25, -0.2) is 4.63 Å². The molecule has 0 spiro atoms. The number of aliphatic hydroxyl groups excluding tert-OH is 2. The van der Waals surface area contributed by atoms with Gasteiger partial charge in [0.25, 0.3) is 0 Å². The van der Waals surface area contributed by atoms with Gasteiger partial charge in [0.15, 0.2) is 5.52 Å². The zero-order chi connectivity index (χ0) is 38.8. The van der Waals surface area contributed by atoms with E-state index in [1.165, 1.54) is 13.2 Å². The maximum absolute atomic E-state index is 13.4. The van der Waals surface area contributed by atoms with Crippen molar-refractivity contribution >= 4 is 40.2 Å². The van der Waals surface area contributed by atoms with Crippen LogP contribution in [0.1, 0.15) is 104 Å². The number of benzene rings is 1. The van der Waals surface area contributed by atoms with Gasteiger partial charge in [-0.15, -0.1) is 0 Å². The van der Waals surface area contributed by atoms with E-state index < -0.39 is 22.8 Å². The molecule has 5 N–H and O–H groups in total. The van der Waals surface area contributed by atoms with Gasteiger partial charge in [0.1, 0.15) is 12.6 Å². The van der Waals surface area contributed by atoms with Gasteiger partial charge in [0.05, 0.1) is 29.9 Å². The number of hydrogen-bond donors (Lipinski definition) is 5. The summed E-state index contributed by atoms with van der Waals surface area (Å²) < 4.78 is 9.39. The number of aliphatic hydroxyl groups is 2. The molecule has 6 rings (SSSR count). The van der Waals surface area contributed by atoms with E-state index in [1.54, 1.807) is 6.07 Å². The van der Waals surface area contributed by atoms with E-state index in [2.05, 4.69) is 51.8 Å². The molecule has 2 aromatic rings. The third kappa shape index (κ3) is 7.93. The minimum atomic E-state index is -0.842. The molecule has 0 radical (unpaired) electrons. The Hall–Kier alpha value is -3.85. The number of rotatable bonds is 15. The lowest BCUT2D eigenvalue weighted by atomic mass is 9.43. The summed E-state index contributed by atoms with van der Waals surface area (Å²) in [6, 6.07) is 2.04. The van der Waals surface area contributed by atoms with E-state index in [0.717, 1.165) is 51.4 Å². The van der Waals surface area contributed by atoms with Crippen LogP contribution in [0.4, 0.5) is 11.4 Å². The molecule has 4 aliphatic carbocycles. The number of nitro groups is 1. The minimum Gasteiger partial charge on any atom is -0.468 e. The van der Waals surface area contributed by atoms with Gasteiger partial charge in [-0.3, -0.25) is 24.5 Å². The normalized spacial score (nSPS) is 32.7. The molecule has 0 saturated heterocycles. The van der Waals surface area contributed by atoms with Crippen LogP contribution in [0.3, 0.4) is 0 Å². The number of anilines is 1. The highest BCUT2D eigenvalue weighted by molar-refractivity contribution is 5.93. The van der Waals surface area contributed by atoms with Crippen molar-refractivity contribution in [3.63, 3.8) is 0 Å². The zero-order valence-corrected chi connectivity index (χ0v) is 32.1. The van der Waals surface area contributed by atoms with E-state index in [4.69, 9.17) is 4.63 Å². The summed E-state index contributed by atoms with van der Waals surface area (Å²) in [5.74, 6) is 1.08. The molecule has 54 heavy (non-hydrogen) atoms. The average molecular weight is 755 g/mol. The van der Waals surface area contributed by atoms with Gasteiger partial charge in [-0.1, -0.05) is 20.8 Å². The van der Waals surface area contributed by atoms with E-state index in [0.29, 0.717) is 67.5 Å². The molecule has 0 aliphatic heterocycles. The Bertz CT molecular complexity index is 1690. The van der Waals surface area contributed by atoms with Crippen LogP contribution in [-0.4, -0.2) is 81.7 Å². The lowest BCUT2D eigenvalue weighted by Crippen LogP contribution is -2.58. The Labute approximate surface area is 316 Å². The average Bonchev–Trinajstić information content (AvgIpc) is 3.78. The number of esters is 1. The number of ether oxygens (including phenoxy) is 1. The number of nitro benzene ring substituents is 1. The van der Waals surface area contributed by atoms with Crippen LogP contribution in [0.25, 0.3) is 11.0 Å². The summed E-state index contributed by atoms with van der Waals surface area (Å²) >= 11 is 0. The number of unbranched alkanes of at least 4 members (excludes halogenated alkanes) is 1. The van der Waals surface area contributed by atoms with Crippen molar-refractivity contribution in [2.24, 2.45) is 46.3 Å². The largest absolute Gasteiger partial charge is 0.468 e. The molecule has 5 unspecified atom stereocenters. The SMILES string of the molecule is COC(=O)CNC(=O)C(CCCCNc1ccc([N+](=O)[O-])c2nonc12)NC(=O)CC[C@@H](C)[C@H]1CCC2C3C(CC[C@@]21C)[C@@]1(C)CC[C@@H](O)CC1C[C@@H]3O. The number of carbonyl (C=O) groups is 3. The summed E-state index contributed by atoms with van der Waals surface area (Å²) in [4.78, 5) is 49.0. The molecular formula is C39H58N6O9. The van der Waals surface area contributed by atoms with Gasteiger partial charge in [-0.2, -0.15) is 0 Å². The summed E-state index contributed by atoms with van der Waals surface area (Å²) in [5, 5.41) is 49.4. The Morgan fingerprint density at radius 3 is 2.52 bits per heavy atom. The molecule has 4 aliphatic rings. The predicted molar refractivity (Wildman–Crippen MR) is 199 cm³/mol. The third-order valence-electron chi connectivity index (χ3n) is 14.4. The molecule has 11 atom stereocenters. The maximum Gasteiger partial charge on any atom is 0.325 e. The smallest absolute Gasteiger partial charge is 0.325 e. The number of amides is 2. The first-order valence-corrected chi connectivity index (χ1v) is 19.9. The van der Waals surface area contributed by atoms with Gasteiger partial charge < -0.3 is 30.9 Å². The number of hydrogen-bond acceptors (Lipinski definition) is 12. The fraction of sp³-hybridized carbons (Fsp3) is 0.769. The number of nitrogens with zero attached hydrogens (tertiary/aromatic N) is 3. The van der Waals surface area contributed by atoms with Crippen molar-refractivity contribution in [3.05, 3.63) is 22.2 Å². The van der Waals surface area contributed by atoms with Crippen molar-refractivity contribution in [2.45, 2.75) is 122 Å². The van der Waals surface area contributed by atoms with E-state index >= 15 is 0 Å². The molecule has 2 amide bonds. The van der Waals surface area contributed by atoms with E-state index in [-0.39, 0.29) is 64.5 Å². The Morgan fingerprint density at radius 1 is 1.02 bits per heavy atom. The van der Waals surface area contributed by atoms with Crippen molar-refractivity contribution in [2.75, 3.05) is 25.5 Å². The Morgan fingerprint density at radius 2 is 1.76 bits per heavy atom. The van der Waals surface area contributed by atoms with Gasteiger partial charge in [0.2, 0.25) is 17.3 Å². The van der Waals surface area contributed by atoms with Crippen LogP contribution >= 0.6 is 0 Å². The summed E-state index contributed by atoms with van der Waals surface area (Å²) in [5.41, 5.74) is 0.911. The third-order valence-corrected chi connectivity index (χ3v) is 14.4. The second-order valence-corrected chi connectivity index (χ2v) is 17.2. The summed E-state index contributed by atoms with van der Waals surface area (Å²) in [6.07, 6.45) is 9.80.